The highest BCUT2D eigenvalue weighted by Crippen LogP contribution is 2.37. The number of nitrogens with zero attached hydrogens (tertiary/aromatic N) is 2. The molecule has 1 unspecified atom stereocenters. The van der Waals surface area contributed by atoms with Crippen molar-refractivity contribution in [2.45, 2.75) is 19.5 Å². The number of anilines is 1. The summed E-state index contributed by atoms with van der Waals surface area (Å²) in [7, 11) is 1.50. The van der Waals surface area contributed by atoms with Gasteiger partial charge in [-0.15, -0.1) is 0 Å². The molecule has 0 bridgehead atoms. The number of likely N-dealkylation sites (N-methyl/N-ethyl adjacent to an activating group) is 1. The van der Waals surface area contributed by atoms with Gasteiger partial charge in [0.25, 0.3) is 5.91 Å². The Kier molecular flexibility index (Phi) is 5.42. The molecule has 31 heavy (non-hydrogen) atoms. The summed E-state index contributed by atoms with van der Waals surface area (Å²) >= 11 is 0. The van der Waals surface area contributed by atoms with E-state index < -0.39 is 6.04 Å². The lowest BCUT2D eigenvalue weighted by Crippen LogP contribution is -2.50. The van der Waals surface area contributed by atoms with Crippen molar-refractivity contribution >= 4 is 34.2 Å². The summed E-state index contributed by atoms with van der Waals surface area (Å²) in [6.07, 6.45) is 0. The van der Waals surface area contributed by atoms with Crippen molar-refractivity contribution in [2.24, 2.45) is 0 Å². The molecule has 1 aliphatic rings. The second-order valence-electron chi connectivity index (χ2n) is 7.51. The molecule has 1 atom stereocenters. The Morgan fingerprint density at radius 2 is 1.74 bits per heavy atom. The average molecular weight is 419 g/mol. The van der Waals surface area contributed by atoms with Gasteiger partial charge in [-0.1, -0.05) is 36.4 Å². The summed E-state index contributed by atoms with van der Waals surface area (Å²) in [4.78, 5) is 41.5. The third-order valence-electron chi connectivity index (χ3n) is 5.62. The molecule has 0 fully saturated rings. The molecule has 1 heterocycles. The highest BCUT2D eigenvalue weighted by atomic mass is 19.1. The second kappa shape index (κ2) is 8.18. The summed E-state index contributed by atoms with van der Waals surface area (Å²) in [6, 6.07) is 16.1. The lowest BCUT2D eigenvalue weighted by atomic mass is 10.1. The topological polar surface area (TPSA) is 69.7 Å². The Balaban J connectivity index is 1.63. The molecule has 0 radical (unpaired) electrons. The first-order valence-electron chi connectivity index (χ1n) is 10.00. The maximum atomic E-state index is 13.3. The molecular formula is C24H22FN3O3. The van der Waals surface area contributed by atoms with E-state index in [1.807, 2.05) is 30.3 Å². The van der Waals surface area contributed by atoms with E-state index in [1.165, 1.54) is 29.0 Å². The van der Waals surface area contributed by atoms with Gasteiger partial charge in [0.1, 0.15) is 18.4 Å². The highest BCUT2D eigenvalue weighted by molar-refractivity contribution is 6.26. The summed E-state index contributed by atoms with van der Waals surface area (Å²) in [6.45, 7) is 1.55. The number of carbonyl (C=O) groups is 3. The van der Waals surface area contributed by atoms with E-state index >= 15 is 0 Å². The van der Waals surface area contributed by atoms with Crippen molar-refractivity contribution in [2.75, 3.05) is 18.5 Å². The molecule has 3 aromatic carbocycles. The molecule has 0 saturated carbocycles. The van der Waals surface area contributed by atoms with Gasteiger partial charge < -0.3 is 10.2 Å². The smallest absolute Gasteiger partial charge is 0.259 e. The van der Waals surface area contributed by atoms with E-state index in [4.69, 9.17) is 0 Å². The Bertz CT molecular complexity index is 1170. The monoisotopic (exact) mass is 419 g/mol. The van der Waals surface area contributed by atoms with E-state index in [1.54, 1.807) is 25.1 Å². The number of benzene rings is 3. The fourth-order valence-corrected chi connectivity index (χ4v) is 3.94. The van der Waals surface area contributed by atoms with Crippen molar-refractivity contribution in [3.8, 4) is 0 Å². The second-order valence-corrected chi connectivity index (χ2v) is 7.51. The van der Waals surface area contributed by atoms with Crippen LogP contribution >= 0.6 is 0 Å². The van der Waals surface area contributed by atoms with Crippen molar-refractivity contribution in [1.82, 2.24) is 10.2 Å². The molecule has 6 nitrogen and oxygen atoms in total. The summed E-state index contributed by atoms with van der Waals surface area (Å²) in [5, 5.41) is 4.31. The van der Waals surface area contributed by atoms with Crippen LogP contribution in [0.25, 0.3) is 10.8 Å². The third-order valence-corrected chi connectivity index (χ3v) is 5.62. The SMILES string of the molecule is CNC(=O)C(C)N(Cc1ccc(F)cc1)C(=O)CN1C(=O)c2cccc3cccc1c23. The zero-order chi connectivity index (χ0) is 22.1. The molecule has 3 aromatic rings. The predicted molar refractivity (Wildman–Crippen MR) is 116 cm³/mol. The molecule has 158 valence electrons. The van der Waals surface area contributed by atoms with Crippen LogP contribution in [0.5, 0.6) is 0 Å². The first-order valence-corrected chi connectivity index (χ1v) is 10.00. The average Bonchev–Trinajstić information content (AvgIpc) is 3.05. The van der Waals surface area contributed by atoms with E-state index in [0.29, 0.717) is 16.8 Å². The molecule has 4 rings (SSSR count). The summed E-state index contributed by atoms with van der Waals surface area (Å²) in [5.74, 6) is -1.32. The number of nitrogens with one attached hydrogen (secondary N) is 1. The molecular weight excluding hydrogens is 397 g/mol. The first-order chi connectivity index (χ1) is 14.9. The normalized spacial score (nSPS) is 13.4. The molecule has 0 spiro atoms. The minimum Gasteiger partial charge on any atom is -0.357 e. The number of hydrogen-bond acceptors (Lipinski definition) is 3. The predicted octanol–water partition coefficient (Wildman–Crippen LogP) is 3.10. The van der Waals surface area contributed by atoms with Crippen LogP contribution in [0.3, 0.4) is 0 Å². The maximum Gasteiger partial charge on any atom is 0.259 e. The minimum absolute atomic E-state index is 0.118. The summed E-state index contributed by atoms with van der Waals surface area (Å²) in [5.41, 5.74) is 1.93. The van der Waals surface area contributed by atoms with Gasteiger partial charge in [0, 0.05) is 24.5 Å². The Hall–Kier alpha value is -3.74. The Morgan fingerprint density at radius 1 is 1.06 bits per heavy atom. The third kappa shape index (κ3) is 3.74. The number of hydrogen-bond donors (Lipinski definition) is 1. The van der Waals surface area contributed by atoms with Gasteiger partial charge >= 0.3 is 0 Å². The lowest BCUT2D eigenvalue weighted by molar-refractivity contribution is -0.139. The van der Waals surface area contributed by atoms with Crippen molar-refractivity contribution in [3.05, 3.63) is 77.6 Å². The van der Waals surface area contributed by atoms with Crippen LogP contribution in [0.1, 0.15) is 22.8 Å². The molecule has 1 aliphatic heterocycles. The van der Waals surface area contributed by atoms with Gasteiger partial charge in [0.05, 0.1) is 5.69 Å². The number of amides is 3. The zero-order valence-corrected chi connectivity index (χ0v) is 17.3. The Morgan fingerprint density at radius 3 is 2.42 bits per heavy atom. The van der Waals surface area contributed by atoms with E-state index in [9.17, 15) is 18.8 Å². The lowest BCUT2D eigenvalue weighted by Gasteiger charge is -2.30. The molecule has 0 aromatic heterocycles. The van der Waals surface area contributed by atoms with Crippen LogP contribution in [0.4, 0.5) is 10.1 Å². The van der Waals surface area contributed by atoms with Gasteiger partial charge in [0.15, 0.2) is 0 Å². The van der Waals surface area contributed by atoms with Gasteiger partial charge in [-0.05, 0) is 42.1 Å². The fourth-order valence-electron chi connectivity index (χ4n) is 3.94. The molecule has 0 aliphatic carbocycles. The van der Waals surface area contributed by atoms with Gasteiger partial charge in [-0.25, -0.2) is 4.39 Å². The highest BCUT2D eigenvalue weighted by Gasteiger charge is 2.34. The van der Waals surface area contributed by atoms with Crippen molar-refractivity contribution in [3.63, 3.8) is 0 Å². The van der Waals surface area contributed by atoms with Gasteiger partial charge in [-0.3, -0.25) is 19.3 Å². The van der Waals surface area contributed by atoms with Crippen LogP contribution in [0.2, 0.25) is 0 Å². The first kappa shape index (κ1) is 20.5. The maximum absolute atomic E-state index is 13.3. The number of carbonyl (C=O) groups excluding carboxylic acids is 3. The fraction of sp³-hybridized carbons (Fsp3) is 0.208. The van der Waals surface area contributed by atoms with Crippen LogP contribution in [0.15, 0.2) is 60.7 Å². The molecule has 7 heteroatoms. The largest absolute Gasteiger partial charge is 0.357 e. The zero-order valence-electron chi connectivity index (χ0n) is 17.3. The quantitative estimate of drug-likeness (QED) is 0.668. The standard InChI is InChI=1S/C24H22FN3O3/c1-15(23(30)26-2)27(13-16-9-11-18(25)12-10-16)21(29)14-28-20-8-4-6-17-5-3-7-19(22(17)20)24(28)31/h3-12,15H,13-14H2,1-2H3,(H,26,30). The van der Waals surface area contributed by atoms with E-state index in [2.05, 4.69) is 5.32 Å². The van der Waals surface area contributed by atoms with Gasteiger partial charge in [-0.2, -0.15) is 0 Å². The van der Waals surface area contributed by atoms with Crippen LogP contribution in [0, 0.1) is 5.82 Å². The van der Waals surface area contributed by atoms with Crippen molar-refractivity contribution < 1.29 is 18.8 Å². The molecule has 3 amide bonds. The number of halogens is 1. The van der Waals surface area contributed by atoms with Crippen LogP contribution in [-0.4, -0.2) is 42.3 Å². The molecule has 1 N–H and O–H groups in total. The van der Waals surface area contributed by atoms with E-state index in [0.717, 1.165) is 10.8 Å². The van der Waals surface area contributed by atoms with Crippen LogP contribution < -0.4 is 10.2 Å². The molecule has 0 saturated heterocycles. The van der Waals surface area contributed by atoms with Crippen LogP contribution in [-0.2, 0) is 16.1 Å². The van der Waals surface area contributed by atoms with Gasteiger partial charge in [0.2, 0.25) is 11.8 Å². The van der Waals surface area contributed by atoms with Crippen molar-refractivity contribution in [1.29, 1.82) is 0 Å². The Labute approximate surface area is 179 Å². The van der Waals surface area contributed by atoms with E-state index in [-0.39, 0.29) is 36.6 Å². The minimum atomic E-state index is -0.765. The number of rotatable bonds is 6. The summed E-state index contributed by atoms with van der Waals surface area (Å²) < 4.78 is 13.3.